The van der Waals surface area contributed by atoms with Gasteiger partial charge in [-0.1, -0.05) is 133 Å². The van der Waals surface area contributed by atoms with Crippen LogP contribution in [0.1, 0.15) is 0 Å². The Kier molecular flexibility index (Phi) is 5.38. The average molecular weight is 561 g/mol. The molecule has 0 atom stereocenters. The molecule has 0 saturated heterocycles. The summed E-state index contributed by atoms with van der Waals surface area (Å²) in [5.74, 6) is 0. The van der Waals surface area contributed by atoms with Crippen molar-refractivity contribution in [3.63, 3.8) is 0 Å². The first-order chi connectivity index (χ1) is 21.3. The molecule has 1 aromatic heterocycles. The van der Waals surface area contributed by atoms with Crippen molar-refractivity contribution in [3.8, 4) is 33.4 Å². The summed E-state index contributed by atoms with van der Waals surface area (Å²) in [7, 11) is 0. The quantitative estimate of drug-likeness (QED) is 0.189. The van der Waals surface area contributed by atoms with Crippen LogP contribution in [0.2, 0.25) is 0 Å². The Morgan fingerprint density at radius 3 is 1.77 bits per heavy atom. The van der Waals surface area contributed by atoms with E-state index in [1.54, 1.807) is 0 Å². The van der Waals surface area contributed by atoms with Crippen LogP contribution in [0.5, 0.6) is 0 Å². The van der Waals surface area contributed by atoms with E-state index in [1.807, 2.05) is 17.4 Å². The van der Waals surface area contributed by atoms with Crippen LogP contribution in [0.15, 0.2) is 146 Å². The fourth-order valence-corrected chi connectivity index (χ4v) is 8.07. The maximum Gasteiger partial charge on any atom is 0.0434 e. The average Bonchev–Trinajstić information content (AvgIpc) is 3.48. The predicted octanol–water partition coefficient (Wildman–Crippen LogP) is 12.1. The van der Waals surface area contributed by atoms with Crippen molar-refractivity contribution in [3.05, 3.63) is 158 Å². The third-order valence-electron chi connectivity index (χ3n) is 8.71. The third kappa shape index (κ3) is 3.78. The minimum atomic E-state index is 1.13. The summed E-state index contributed by atoms with van der Waals surface area (Å²) in [5.41, 5.74) is 7.52. The van der Waals surface area contributed by atoms with Crippen LogP contribution in [0.25, 0.3) is 85.9 Å². The molecule has 0 fully saturated rings. The Bertz CT molecular complexity index is 2460. The molecule has 0 N–H and O–H groups in total. The van der Waals surface area contributed by atoms with Gasteiger partial charge < -0.3 is 0 Å². The van der Waals surface area contributed by atoms with Gasteiger partial charge in [-0.15, -0.1) is 11.3 Å². The molecule has 0 aliphatic carbocycles. The molecule has 0 spiro atoms. The van der Waals surface area contributed by atoms with Gasteiger partial charge in [0, 0.05) is 25.6 Å². The van der Waals surface area contributed by atoms with Gasteiger partial charge in [0.1, 0.15) is 0 Å². The van der Waals surface area contributed by atoms with Gasteiger partial charge in [0.05, 0.1) is 0 Å². The normalized spacial score (nSPS) is 11.5. The van der Waals surface area contributed by atoms with Gasteiger partial charge in [-0.25, -0.2) is 0 Å². The zero-order chi connectivity index (χ0) is 28.3. The summed E-state index contributed by atoms with van der Waals surface area (Å²) < 4.78 is 2.68. The van der Waals surface area contributed by atoms with Gasteiger partial charge in [0.25, 0.3) is 0 Å². The number of thiophene rings is 1. The molecular weight excluding hydrogens is 537 g/mol. The van der Waals surface area contributed by atoms with Gasteiger partial charge in [-0.2, -0.15) is 0 Å². The molecule has 0 aliphatic heterocycles. The van der Waals surface area contributed by atoms with E-state index in [0.29, 0.717) is 0 Å². The summed E-state index contributed by atoms with van der Waals surface area (Å²) in [6.07, 6.45) is 0. The second kappa shape index (κ2) is 9.57. The van der Waals surface area contributed by atoms with Gasteiger partial charge >= 0.3 is 0 Å². The molecular formula is C42H24S. The summed E-state index contributed by atoms with van der Waals surface area (Å²) in [4.78, 5) is 0. The lowest BCUT2D eigenvalue weighted by Gasteiger charge is -2.12. The Labute approximate surface area is 254 Å². The van der Waals surface area contributed by atoms with Crippen molar-refractivity contribution in [2.75, 3.05) is 0 Å². The first-order valence-corrected chi connectivity index (χ1v) is 15.4. The Balaban J connectivity index is 1.22. The van der Waals surface area contributed by atoms with Gasteiger partial charge in [-0.05, 0) is 84.6 Å². The van der Waals surface area contributed by atoms with E-state index in [0.717, 1.165) is 5.39 Å². The Morgan fingerprint density at radius 2 is 0.953 bits per heavy atom. The van der Waals surface area contributed by atoms with Crippen LogP contribution >= 0.6 is 11.3 Å². The van der Waals surface area contributed by atoms with E-state index in [4.69, 9.17) is 0 Å². The van der Waals surface area contributed by atoms with Crippen molar-refractivity contribution in [2.24, 2.45) is 0 Å². The number of fused-ring (bicyclic) bond motifs is 9. The zero-order valence-electron chi connectivity index (χ0n) is 23.3. The summed E-state index contributed by atoms with van der Waals surface area (Å²) in [6, 6.07) is 59.4. The third-order valence-corrected chi connectivity index (χ3v) is 10.0. The number of rotatable bonds is 3. The topological polar surface area (TPSA) is 0 Å². The van der Waals surface area contributed by atoms with E-state index >= 15 is 0 Å². The van der Waals surface area contributed by atoms with Crippen molar-refractivity contribution < 1.29 is 0 Å². The highest BCUT2D eigenvalue weighted by atomic mass is 32.1. The lowest BCUT2D eigenvalue weighted by molar-refractivity contribution is 1.63. The van der Waals surface area contributed by atoms with Gasteiger partial charge in [-0.3, -0.25) is 0 Å². The lowest BCUT2D eigenvalue weighted by atomic mass is 9.92. The van der Waals surface area contributed by atoms with Crippen LogP contribution in [0.4, 0.5) is 0 Å². The zero-order valence-corrected chi connectivity index (χ0v) is 24.1. The largest absolute Gasteiger partial charge is 0.134 e. The molecule has 0 amide bonds. The number of hydrogen-bond donors (Lipinski definition) is 0. The molecule has 8 aromatic carbocycles. The maximum atomic E-state index is 3.37. The molecule has 1 heteroatoms. The number of benzene rings is 7. The second-order valence-corrected chi connectivity index (χ2v) is 12.1. The fraction of sp³-hybridized carbons (Fsp3) is 0. The molecule has 9 aromatic rings. The fourth-order valence-electron chi connectivity index (χ4n) is 6.70. The lowest BCUT2D eigenvalue weighted by Crippen LogP contribution is -1.85. The maximum absolute atomic E-state index is 3.37. The highest BCUT2D eigenvalue weighted by Gasteiger charge is 2.15. The standard InChI is InChI=1S/C42H24S/c1-2-11-27(12-3-1)31-19-9-21-38-39-22-10-20-32(42(39)43-41(31)38)30-14-8-13-28(25-30)29-23-24-37-35-17-5-4-15-33(35)34-16-6-7-18-36(34)40(37)26-29/h1-3,5-14,16-26H. The van der Waals surface area contributed by atoms with Gasteiger partial charge in [0.15, 0.2) is 0 Å². The SMILES string of the molecule is c1ccc2c(c#1)c1ccccc1c1cc(-c3cccc(-c4cccc5c4sc4c(-c6ccccc6)cccc45)c3)ccc21. The number of hydrogen-bond acceptors (Lipinski definition) is 1. The van der Waals surface area contributed by atoms with Crippen molar-refractivity contribution >= 4 is 63.8 Å². The smallest absolute Gasteiger partial charge is 0.0434 e. The second-order valence-electron chi connectivity index (χ2n) is 11.1. The van der Waals surface area contributed by atoms with Gasteiger partial charge in [0.2, 0.25) is 0 Å². The molecule has 0 aliphatic rings. The van der Waals surface area contributed by atoms with Crippen LogP contribution in [-0.4, -0.2) is 0 Å². The van der Waals surface area contributed by atoms with Crippen LogP contribution in [0.3, 0.4) is 0 Å². The first-order valence-electron chi connectivity index (χ1n) is 14.6. The van der Waals surface area contributed by atoms with E-state index < -0.39 is 0 Å². The molecule has 0 unspecified atom stereocenters. The molecule has 0 bridgehead atoms. The summed E-state index contributed by atoms with van der Waals surface area (Å²) >= 11 is 1.91. The van der Waals surface area contributed by atoms with Crippen LogP contribution in [0, 0.1) is 12.1 Å². The van der Waals surface area contributed by atoms with E-state index in [9.17, 15) is 0 Å². The van der Waals surface area contributed by atoms with E-state index in [1.165, 1.54) is 80.5 Å². The summed E-state index contributed by atoms with van der Waals surface area (Å²) in [5, 5.41) is 9.99. The Morgan fingerprint density at radius 1 is 0.372 bits per heavy atom. The highest BCUT2D eigenvalue weighted by Crippen LogP contribution is 2.44. The molecule has 9 rings (SSSR count). The highest BCUT2D eigenvalue weighted by molar-refractivity contribution is 7.26. The van der Waals surface area contributed by atoms with E-state index in [2.05, 4.69) is 152 Å². The first kappa shape index (κ1) is 24.2. The van der Waals surface area contributed by atoms with E-state index in [-0.39, 0.29) is 0 Å². The molecule has 1 heterocycles. The summed E-state index contributed by atoms with van der Waals surface area (Å²) in [6.45, 7) is 0. The predicted molar refractivity (Wildman–Crippen MR) is 186 cm³/mol. The molecule has 0 nitrogen and oxygen atoms in total. The molecule has 43 heavy (non-hydrogen) atoms. The molecule has 0 radical (unpaired) electrons. The molecule has 0 saturated carbocycles. The van der Waals surface area contributed by atoms with Crippen LogP contribution in [-0.2, 0) is 0 Å². The van der Waals surface area contributed by atoms with Crippen molar-refractivity contribution in [1.29, 1.82) is 0 Å². The van der Waals surface area contributed by atoms with Crippen LogP contribution < -0.4 is 0 Å². The Hall–Kier alpha value is -5.42. The minimum Gasteiger partial charge on any atom is -0.134 e. The monoisotopic (exact) mass is 560 g/mol. The van der Waals surface area contributed by atoms with Crippen molar-refractivity contribution in [1.82, 2.24) is 0 Å². The minimum absolute atomic E-state index is 1.13. The van der Waals surface area contributed by atoms with Crippen molar-refractivity contribution in [2.45, 2.75) is 0 Å². The molecule has 198 valence electrons.